The molecule has 0 bridgehead atoms. The molecule has 0 atom stereocenters. The van der Waals surface area contributed by atoms with Crippen molar-refractivity contribution in [2.75, 3.05) is 0 Å². The van der Waals surface area contributed by atoms with Crippen LogP contribution in [0.3, 0.4) is 0 Å². The van der Waals surface area contributed by atoms with E-state index in [-0.39, 0.29) is 0 Å². The van der Waals surface area contributed by atoms with Gasteiger partial charge >= 0.3 is 0 Å². The predicted octanol–water partition coefficient (Wildman–Crippen LogP) is 7.56. The number of pyridine rings is 3. The zero-order chi connectivity index (χ0) is 21.4. The summed E-state index contributed by atoms with van der Waals surface area (Å²) in [5.41, 5.74) is 4.42. The van der Waals surface area contributed by atoms with Gasteiger partial charge in [0.2, 0.25) is 0 Å². The van der Waals surface area contributed by atoms with Crippen LogP contribution < -0.4 is 0 Å². The third kappa shape index (κ3) is 7.43. The van der Waals surface area contributed by atoms with E-state index in [1.807, 2.05) is 84.1 Å². The normalized spacial score (nSPS) is 8.71. The van der Waals surface area contributed by atoms with Crippen molar-refractivity contribution in [1.82, 2.24) is 15.0 Å². The topological polar surface area (TPSA) is 38.7 Å². The standard InChI is InChI=1S/C10H9N.C9H8N2.3C2H6/c1-8-4-2-6-10-9(8)5-3-7-11-10;1-7-4-6-11-9-8(7)3-2-5-10-9;3*1-2/h2-7H,1H3;2-6H,1H3;3*1-2H3. The molecular weight excluding hydrogens is 342 g/mol. The van der Waals surface area contributed by atoms with Crippen molar-refractivity contribution >= 4 is 21.9 Å². The van der Waals surface area contributed by atoms with Crippen molar-refractivity contribution in [3.05, 3.63) is 78.2 Å². The van der Waals surface area contributed by atoms with Crippen molar-refractivity contribution in [1.29, 1.82) is 0 Å². The lowest BCUT2D eigenvalue weighted by molar-refractivity contribution is 1.27. The Balaban J connectivity index is 0.000000412. The van der Waals surface area contributed by atoms with Crippen LogP contribution in [0.4, 0.5) is 0 Å². The summed E-state index contributed by atoms with van der Waals surface area (Å²) in [5, 5.41) is 2.38. The van der Waals surface area contributed by atoms with E-state index in [0.29, 0.717) is 0 Å². The van der Waals surface area contributed by atoms with Crippen molar-refractivity contribution in [2.45, 2.75) is 55.4 Å². The summed E-state index contributed by atoms with van der Waals surface area (Å²) in [5.74, 6) is 0. The predicted molar refractivity (Wildman–Crippen MR) is 125 cm³/mol. The molecule has 3 heterocycles. The number of fused-ring (bicyclic) bond motifs is 2. The van der Waals surface area contributed by atoms with E-state index in [1.165, 1.54) is 16.5 Å². The van der Waals surface area contributed by atoms with E-state index < -0.39 is 0 Å². The largest absolute Gasteiger partial charge is 0.256 e. The first kappa shape index (κ1) is 25.2. The molecule has 3 heteroatoms. The van der Waals surface area contributed by atoms with Crippen LogP contribution in [0.2, 0.25) is 0 Å². The Hall–Kier alpha value is -2.81. The molecule has 0 N–H and O–H groups in total. The smallest absolute Gasteiger partial charge is 0.159 e. The molecule has 3 aromatic heterocycles. The van der Waals surface area contributed by atoms with Crippen LogP contribution >= 0.6 is 0 Å². The number of hydrogen-bond acceptors (Lipinski definition) is 3. The van der Waals surface area contributed by atoms with Crippen LogP contribution in [0.25, 0.3) is 21.9 Å². The number of rotatable bonds is 0. The van der Waals surface area contributed by atoms with Gasteiger partial charge in [-0.2, -0.15) is 0 Å². The Kier molecular flexibility index (Phi) is 13.7. The molecule has 1 aromatic carbocycles. The van der Waals surface area contributed by atoms with Gasteiger partial charge in [0.05, 0.1) is 5.52 Å². The van der Waals surface area contributed by atoms with Gasteiger partial charge in [-0.25, -0.2) is 9.97 Å². The zero-order valence-corrected chi connectivity index (χ0v) is 18.7. The maximum atomic E-state index is 4.24. The van der Waals surface area contributed by atoms with Crippen LogP contribution in [0.1, 0.15) is 52.7 Å². The number of nitrogens with zero attached hydrogens (tertiary/aromatic N) is 3. The molecule has 4 rings (SSSR count). The second kappa shape index (κ2) is 15.3. The minimum absolute atomic E-state index is 0.826. The average Bonchev–Trinajstić information content (AvgIpc) is 2.79. The molecule has 150 valence electrons. The highest BCUT2D eigenvalue weighted by Gasteiger charge is 1.95. The summed E-state index contributed by atoms with van der Waals surface area (Å²) in [4.78, 5) is 12.5. The Morgan fingerprint density at radius 1 is 0.500 bits per heavy atom. The van der Waals surface area contributed by atoms with Crippen molar-refractivity contribution in [3.8, 4) is 0 Å². The SMILES string of the molecule is CC.CC.CC.Cc1cccc2ncccc12.Cc1ccnc2ncccc12. The Bertz CT molecular complexity index is 829. The van der Waals surface area contributed by atoms with E-state index in [2.05, 4.69) is 40.9 Å². The molecule has 0 saturated heterocycles. The molecule has 0 radical (unpaired) electrons. The number of hydrogen-bond donors (Lipinski definition) is 0. The van der Waals surface area contributed by atoms with Crippen LogP contribution in [0.15, 0.2) is 67.1 Å². The van der Waals surface area contributed by atoms with Gasteiger partial charge in [0.1, 0.15) is 0 Å². The van der Waals surface area contributed by atoms with E-state index >= 15 is 0 Å². The van der Waals surface area contributed by atoms with Crippen LogP contribution in [0, 0.1) is 13.8 Å². The minimum atomic E-state index is 0.826. The molecule has 0 spiro atoms. The fourth-order valence-corrected chi connectivity index (χ4v) is 2.37. The maximum absolute atomic E-state index is 4.24. The summed E-state index contributed by atoms with van der Waals surface area (Å²) in [7, 11) is 0. The summed E-state index contributed by atoms with van der Waals surface area (Å²) < 4.78 is 0. The highest BCUT2D eigenvalue weighted by Crippen LogP contribution is 2.14. The van der Waals surface area contributed by atoms with Crippen molar-refractivity contribution in [3.63, 3.8) is 0 Å². The number of aryl methyl sites for hydroxylation is 2. The molecule has 28 heavy (non-hydrogen) atoms. The Morgan fingerprint density at radius 2 is 1.04 bits per heavy atom. The van der Waals surface area contributed by atoms with E-state index in [9.17, 15) is 0 Å². The first-order chi connectivity index (χ1) is 13.8. The third-order valence-electron chi connectivity index (χ3n) is 3.60. The number of aromatic nitrogens is 3. The maximum Gasteiger partial charge on any atom is 0.159 e. The molecule has 0 aliphatic rings. The van der Waals surface area contributed by atoms with Crippen LogP contribution in [-0.4, -0.2) is 15.0 Å². The van der Waals surface area contributed by atoms with Gasteiger partial charge < -0.3 is 0 Å². The van der Waals surface area contributed by atoms with Gasteiger partial charge in [-0.1, -0.05) is 59.7 Å². The van der Waals surface area contributed by atoms with E-state index in [4.69, 9.17) is 0 Å². The molecule has 3 nitrogen and oxygen atoms in total. The first-order valence-electron chi connectivity index (χ1n) is 10.2. The Morgan fingerprint density at radius 3 is 1.64 bits per heavy atom. The monoisotopic (exact) mass is 377 g/mol. The lowest BCUT2D eigenvalue weighted by Gasteiger charge is -1.97. The van der Waals surface area contributed by atoms with E-state index in [1.54, 1.807) is 12.4 Å². The van der Waals surface area contributed by atoms with Gasteiger partial charge in [-0.15, -0.1) is 0 Å². The van der Waals surface area contributed by atoms with E-state index in [0.717, 1.165) is 16.6 Å². The fraction of sp³-hybridized carbons (Fsp3) is 0.320. The molecule has 0 amide bonds. The van der Waals surface area contributed by atoms with Gasteiger partial charge in [-0.05, 0) is 55.3 Å². The van der Waals surface area contributed by atoms with Crippen molar-refractivity contribution in [2.24, 2.45) is 0 Å². The summed E-state index contributed by atoms with van der Waals surface area (Å²) in [6.45, 7) is 16.2. The average molecular weight is 378 g/mol. The van der Waals surface area contributed by atoms with Crippen LogP contribution in [0.5, 0.6) is 0 Å². The minimum Gasteiger partial charge on any atom is -0.256 e. The summed E-state index contributed by atoms with van der Waals surface area (Å²) in [6, 6.07) is 16.2. The zero-order valence-electron chi connectivity index (χ0n) is 18.7. The van der Waals surface area contributed by atoms with Gasteiger partial charge in [-0.3, -0.25) is 4.98 Å². The molecule has 0 saturated carbocycles. The van der Waals surface area contributed by atoms with Gasteiger partial charge in [0.15, 0.2) is 5.65 Å². The first-order valence-corrected chi connectivity index (χ1v) is 10.2. The summed E-state index contributed by atoms with van der Waals surface area (Å²) in [6.07, 6.45) is 5.36. The van der Waals surface area contributed by atoms with Crippen LogP contribution in [-0.2, 0) is 0 Å². The summed E-state index contributed by atoms with van der Waals surface area (Å²) >= 11 is 0. The quantitative estimate of drug-likeness (QED) is 0.317. The lowest BCUT2D eigenvalue weighted by atomic mass is 10.1. The molecular formula is C25H35N3. The molecule has 0 aliphatic heterocycles. The third-order valence-corrected chi connectivity index (χ3v) is 3.60. The van der Waals surface area contributed by atoms with Crippen molar-refractivity contribution < 1.29 is 0 Å². The lowest BCUT2D eigenvalue weighted by Crippen LogP contribution is -1.83. The molecule has 0 fully saturated rings. The second-order valence-corrected chi connectivity index (χ2v) is 5.15. The molecule has 0 aliphatic carbocycles. The fourth-order valence-electron chi connectivity index (χ4n) is 2.37. The molecule has 0 unspecified atom stereocenters. The highest BCUT2D eigenvalue weighted by molar-refractivity contribution is 5.81. The van der Waals surface area contributed by atoms with Gasteiger partial charge in [0.25, 0.3) is 0 Å². The highest BCUT2D eigenvalue weighted by atomic mass is 14.8. The number of benzene rings is 1. The second-order valence-electron chi connectivity index (χ2n) is 5.15. The van der Waals surface area contributed by atoms with Gasteiger partial charge in [0, 0.05) is 29.4 Å². The molecule has 4 aromatic rings. The Labute approximate surface area is 170 Å².